The normalized spacial score (nSPS) is 29.6. The van der Waals surface area contributed by atoms with E-state index in [4.69, 9.17) is 4.74 Å². The van der Waals surface area contributed by atoms with Crippen molar-refractivity contribution in [3.05, 3.63) is 0 Å². The molecule has 0 radical (unpaired) electrons. The molecule has 0 heterocycles. The van der Waals surface area contributed by atoms with Crippen LogP contribution in [0.2, 0.25) is 0 Å². The molecule has 1 atom stereocenters. The van der Waals surface area contributed by atoms with Crippen LogP contribution >= 0.6 is 0 Å². The highest BCUT2D eigenvalue weighted by Crippen LogP contribution is 2.43. The lowest BCUT2D eigenvalue weighted by molar-refractivity contribution is -0.170. The molecular formula is C12H22O2. The first kappa shape index (κ1) is 10.4. The van der Waals surface area contributed by atoms with Gasteiger partial charge >= 0.3 is 0 Å². The smallest absolute Gasteiger partial charge is 0.0939 e. The van der Waals surface area contributed by atoms with Crippen molar-refractivity contribution in [2.75, 3.05) is 7.11 Å². The van der Waals surface area contributed by atoms with Crippen LogP contribution in [0.4, 0.5) is 0 Å². The van der Waals surface area contributed by atoms with E-state index < -0.39 is 0 Å². The summed E-state index contributed by atoms with van der Waals surface area (Å²) in [6, 6.07) is 0. The van der Waals surface area contributed by atoms with E-state index in [9.17, 15) is 5.11 Å². The van der Waals surface area contributed by atoms with E-state index in [1.165, 1.54) is 38.5 Å². The number of aliphatic hydroxyl groups is 1. The second-order valence-electron chi connectivity index (χ2n) is 4.97. The van der Waals surface area contributed by atoms with Crippen LogP contribution in [-0.2, 0) is 4.74 Å². The van der Waals surface area contributed by atoms with Crippen molar-refractivity contribution in [1.82, 2.24) is 0 Å². The molecule has 2 fully saturated rings. The SMILES string of the molecule is COC1([C@H](O)C2CCCCC2)CCC1. The van der Waals surface area contributed by atoms with E-state index in [1.54, 1.807) is 7.11 Å². The number of methoxy groups -OCH3 is 1. The minimum Gasteiger partial charge on any atom is -0.390 e. The van der Waals surface area contributed by atoms with Crippen LogP contribution in [0.25, 0.3) is 0 Å². The van der Waals surface area contributed by atoms with Crippen LogP contribution in [0, 0.1) is 5.92 Å². The topological polar surface area (TPSA) is 29.5 Å². The maximum atomic E-state index is 10.3. The first-order valence-corrected chi connectivity index (χ1v) is 6.02. The Morgan fingerprint density at radius 3 is 2.21 bits per heavy atom. The molecule has 0 aromatic carbocycles. The van der Waals surface area contributed by atoms with Gasteiger partial charge in [-0.2, -0.15) is 0 Å². The van der Waals surface area contributed by atoms with Crippen LogP contribution in [0.3, 0.4) is 0 Å². The average molecular weight is 198 g/mol. The van der Waals surface area contributed by atoms with Gasteiger partial charge in [-0.3, -0.25) is 0 Å². The first-order valence-electron chi connectivity index (χ1n) is 6.02. The van der Waals surface area contributed by atoms with Crippen LogP contribution in [0.1, 0.15) is 51.4 Å². The highest BCUT2D eigenvalue weighted by atomic mass is 16.5. The molecule has 14 heavy (non-hydrogen) atoms. The molecule has 0 bridgehead atoms. The molecule has 0 aliphatic heterocycles. The lowest BCUT2D eigenvalue weighted by Gasteiger charge is -2.47. The van der Waals surface area contributed by atoms with Gasteiger partial charge in [-0.1, -0.05) is 19.3 Å². The van der Waals surface area contributed by atoms with Crippen molar-refractivity contribution in [2.24, 2.45) is 5.92 Å². The van der Waals surface area contributed by atoms with E-state index in [0.717, 1.165) is 12.8 Å². The lowest BCUT2D eigenvalue weighted by Crippen LogP contribution is -2.53. The van der Waals surface area contributed by atoms with Gasteiger partial charge in [-0.05, 0) is 38.0 Å². The van der Waals surface area contributed by atoms with Crippen molar-refractivity contribution in [3.63, 3.8) is 0 Å². The molecule has 2 aliphatic carbocycles. The Morgan fingerprint density at radius 1 is 1.14 bits per heavy atom. The number of hydrogen-bond acceptors (Lipinski definition) is 2. The van der Waals surface area contributed by atoms with E-state index in [1.807, 2.05) is 0 Å². The third-order valence-electron chi connectivity index (χ3n) is 4.24. The molecule has 1 N–H and O–H groups in total. The van der Waals surface area contributed by atoms with Crippen molar-refractivity contribution in [3.8, 4) is 0 Å². The highest BCUT2D eigenvalue weighted by molar-refractivity contribution is 4.98. The van der Waals surface area contributed by atoms with Gasteiger partial charge in [0.15, 0.2) is 0 Å². The second kappa shape index (κ2) is 4.19. The molecular weight excluding hydrogens is 176 g/mol. The van der Waals surface area contributed by atoms with E-state index >= 15 is 0 Å². The standard InChI is InChI=1S/C12H22O2/c1-14-12(8-5-9-12)11(13)10-6-3-2-4-7-10/h10-11,13H,2-9H2,1H3/t11-/m1/s1. The maximum absolute atomic E-state index is 10.3. The van der Waals surface area contributed by atoms with Gasteiger partial charge in [0.2, 0.25) is 0 Å². The van der Waals surface area contributed by atoms with Gasteiger partial charge in [0.25, 0.3) is 0 Å². The molecule has 82 valence electrons. The zero-order valence-corrected chi connectivity index (χ0v) is 9.17. The van der Waals surface area contributed by atoms with Gasteiger partial charge < -0.3 is 9.84 Å². The highest BCUT2D eigenvalue weighted by Gasteiger charge is 2.46. The Morgan fingerprint density at radius 2 is 1.79 bits per heavy atom. The van der Waals surface area contributed by atoms with Crippen molar-refractivity contribution >= 4 is 0 Å². The molecule has 2 nitrogen and oxygen atoms in total. The van der Waals surface area contributed by atoms with Gasteiger partial charge in [0.1, 0.15) is 0 Å². The summed E-state index contributed by atoms with van der Waals surface area (Å²) in [6.45, 7) is 0. The molecule has 0 unspecified atom stereocenters. The molecule has 2 saturated carbocycles. The minimum absolute atomic E-state index is 0.165. The molecule has 2 rings (SSSR count). The van der Waals surface area contributed by atoms with Crippen molar-refractivity contribution in [2.45, 2.75) is 63.1 Å². The molecule has 0 saturated heterocycles. The summed E-state index contributed by atoms with van der Waals surface area (Å²) in [7, 11) is 1.76. The number of aliphatic hydroxyl groups excluding tert-OH is 1. The lowest BCUT2D eigenvalue weighted by atomic mass is 9.69. The number of rotatable bonds is 3. The minimum atomic E-state index is -0.207. The number of hydrogen-bond donors (Lipinski definition) is 1. The van der Waals surface area contributed by atoms with Crippen LogP contribution in [0.5, 0.6) is 0 Å². The fraction of sp³-hybridized carbons (Fsp3) is 1.00. The number of ether oxygens (including phenoxy) is 1. The third kappa shape index (κ3) is 1.70. The fourth-order valence-corrected chi connectivity index (χ4v) is 3.03. The van der Waals surface area contributed by atoms with Crippen LogP contribution in [0.15, 0.2) is 0 Å². The molecule has 2 aliphatic rings. The average Bonchev–Trinajstić information content (AvgIpc) is 2.18. The zero-order chi connectivity index (χ0) is 10.0. The Balaban J connectivity index is 1.94. The van der Waals surface area contributed by atoms with E-state index in [2.05, 4.69) is 0 Å². The summed E-state index contributed by atoms with van der Waals surface area (Å²) in [6.07, 6.45) is 9.46. The Labute approximate surface area is 86.6 Å². The fourth-order valence-electron chi connectivity index (χ4n) is 3.03. The van der Waals surface area contributed by atoms with E-state index in [0.29, 0.717) is 5.92 Å². The molecule has 0 spiro atoms. The van der Waals surface area contributed by atoms with Crippen LogP contribution in [-0.4, -0.2) is 23.9 Å². The van der Waals surface area contributed by atoms with Gasteiger partial charge in [0, 0.05) is 7.11 Å². The first-order chi connectivity index (χ1) is 6.78. The molecule has 2 heteroatoms. The summed E-state index contributed by atoms with van der Waals surface area (Å²) in [5, 5.41) is 10.3. The van der Waals surface area contributed by atoms with Gasteiger partial charge in [0.05, 0.1) is 11.7 Å². The molecule has 0 aromatic heterocycles. The summed E-state index contributed by atoms with van der Waals surface area (Å²) in [5.41, 5.74) is -0.165. The van der Waals surface area contributed by atoms with Crippen molar-refractivity contribution in [1.29, 1.82) is 0 Å². The van der Waals surface area contributed by atoms with Crippen molar-refractivity contribution < 1.29 is 9.84 Å². The van der Waals surface area contributed by atoms with E-state index in [-0.39, 0.29) is 11.7 Å². The molecule has 0 aromatic rings. The Kier molecular flexibility index (Phi) is 3.13. The second-order valence-corrected chi connectivity index (χ2v) is 4.97. The Bertz CT molecular complexity index is 175. The molecule has 0 amide bonds. The monoisotopic (exact) mass is 198 g/mol. The maximum Gasteiger partial charge on any atom is 0.0939 e. The predicted octanol–water partition coefficient (Wildman–Crippen LogP) is 2.50. The largest absolute Gasteiger partial charge is 0.390 e. The van der Waals surface area contributed by atoms with Gasteiger partial charge in [-0.15, -0.1) is 0 Å². The zero-order valence-electron chi connectivity index (χ0n) is 9.17. The summed E-state index contributed by atoms with van der Waals surface area (Å²) >= 11 is 0. The van der Waals surface area contributed by atoms with Gasteiger partial charge in [-0.25, -0.2) is 0 Å². The summed E-state index contributed by atoms with van der Waals surface area (Å²) in [5.74, 6) is 0.504. The quantitative estimate of drug-likeness (QED) is 0.755. The third-order valence-corrected chi connectivity index (χ3v) is 4.24. The predicted molar refractivity (Wildman–Crippen MR) is 56.2 cm³/mol. The summed E-state index contributed by atoms with van der Waals surface area (Å²) < 4.78 is 5.54. The summed E-state index contributed by atoms with van der Waals surface area (Å²) in [4.78, 5) is 0. The van der Waals surface area contributed by atoms with Crippen LogP contribution < -0.4 is 0 Å². The Hall–Kier alpha value is -0.0800.